The van der Waals surface area contributed by atoms with Gasteiger partial charge in [0, 0.05) is 17.7 Å². The topological polar surface area (TPSA) is 68.5 Å². The van der Waals surface area contributed by atoms with Crippen molar-refractivity contribution in [3.63, 3.8) is 0 Å². The fraction of sp³-hybridized carbons (Fsp3) is 0.333. The summed E-state index contributed by atoms with van der Waals surface area (Å²) >= 11 is 1.38. The summed E-state index contributed by atoms with van der Waals surface area (Å²) in [6, 6.07) is 3.61. The number of hydrogen-bond donors (Lipinski definition) is 1. The molecule has 2 heterocycles. The van der Waals surface area contributed by atoms with Gasteiger partial charge in [0.1, 0.15) is 10.8 Å². The van der Waals surface area contributed by atoms with Crippen LogP contribution in [0.5, 0.6) is 0 Å². The van der Waals surface area contributed by atoms with Gasteiger partial charge in [0.05, 0.1) is 18.9 Å². The Kier molecular flexibility index (Phi) is 4.80. The lowest BCUT2D eigenvalue weighted by Crippen LogP contribution is -2.14. The third-order valence-electron chi connectivity index (χ3n) is 3.21. The molecular weight excluding hydrogens is 290 g/mol. The first-order valence-corrected chi connectivity index (χ1v) is 7.35. The van der Waals surface area contributed by atoms with E-state index in [1.807, 2.05) is 19.9 Å². The molecule has 0 atom stereocenters. The number of aryl methyl sites for hydroxylation is 2. The van der Waals surface area contributed by atoms with Crippen LogP contribution in [-0.4, -0.2) is 19.0 Å². The van der Waals surface area contributed by atoms with E-state index >= 15 is 0 Å². The molecule has 2 aromatic rings. The molecule has 0 aliphatic heterocycles. The Hall–Kier alpha value is -2.08. The largest absolute Gasteiger partial charge is 0.469 e. The van der Waals surface area contributed by atoms with Crippen LogP contribution in [0.3, 0.4) is 0 Å². The van der Waals surface area contributed by atoms with Gasteiger partial charge < -0.3 is 14.5 Å². The predicted molar refractivity (Wildman–Crippen MR) is 80.8 cm³/mol. The lowest BCUT2D eigenvalue weighted by atomic mass is 10.1. The summed E-state index contributed by atoms with van der Waals surface area (Å²) in [5, 5.41) is 3.33. The van der Waals surface area contributed by atoms with Crippen molar-refractivity contribution < 1.29 is 18.7 Å². The van der Waals surface area contributed by atoms with E-state index in [0.29, 0.717) is 23.4 Å². The molecule has 2 aromatic heterocycles. The zero-order valence-electron chi connectivity index (χ0n) is 12.2. The SMILES string of the molecule is COC(=O)c1c(NC(=O)CCc2ccco2)sc(C)c1C. The predicted octanol–water partition coefficient (Wildman–Crippen LogP) is 3.32. The van der Waals surface area contributed by atoms with E-state index in [1.165, 1.54) is 18.4 Å². The minimum Gasteiger partial charge on any atom is -0.469 e. The molecule has 0 unspecified atom stereocenters. The van der Waals surface area contributed by atoms with Crippen LogP contribution >= 0.6 is 11.3 Å². The summed E-state index contributed by atoms with van der Waals surface area (Å²) in [5.41, 5.74) is 1.28. The highest BCUT2D eigenvalue weighted by atomic mass is 32.1. The molecule has 0 bridgehead atoms. The van der Waals surface area contributed by atoms with Crippen molar-refractivity contribution in [2.75, 3.05) is 12.4 Å². The summed E-state index contributed by atoms with van der Waals surface area (Å²) in [6.45, 7) is 3.75. The third kappa shape index (κ3) is 3.52. The summed E-state index contributed by atoms with van der Waals surface area (Å²) < 4.78 is 9.96. The van der Waals surface area contributed by atoms with Gasteiger partial charge in [-0.2, -0.15) is 0 Å². The molecule has 0 spiro atoms. The molecule has 6 heteroatoms. The molecule has 0 saturated carbocycles. The average Bonchev–Trinajstić information content (AvgIpc) is 3.06. The number of rotatable bonds is 5. The van der Waals surface area contributed by atoms with Crippen LogP contribution in [0.4, 0.5) is 5.00 Å². The van der Waals surface area contributed by atoms with E-state index in [0.717, 1.165) is 16.2 Å². The second-order valence-electron chi connectivity index (χ2n) is 4.61. The van der Waals surface area contributed by atoms with Gasteiger partial charge in [-0.25, -0.2) is 4.79 Å². The van der Waals surface area contributed by atoms with E-state index < -0.39 is 5.97 Å². The van der Waals surface area contributed by atoms with Crippen LogP contribution in [0, 0.1) is 13.8 Å². The Bertz CT molecular complexity index is 643. The van der Waals surface area contributed by atoms with Gasteiger partial charge in [-0.3, -0.25) is 4.79 Å². The van der Waals surface area contributed by atoms with Crippen molar-refractivity contribution in [1.82, 2.24) is 0 Å². The Balaban J connectivity index is 2.06. The molecule has 1 N–H and O–H groups in total. The minimum absolute atomic E-state index is 0.155. The number of methoxy groups -OCH3 is 1. The zero-order chi connectivity index (χ0) is 15.4. The van der Waals surface area contributed by atoms with Gasteiger partial charge in [-0.1, -0.05) is 0 Å². The van der Waals surface area contributed by atoms with Crippen molar-refractivity contribution in [1.29, 1.82) is 0 Å². The Labute approximate surface area is 126 Å². The quantitative estimate of drug-likeness (QED) is 0.860. The standard InChI is InChI=1S/C15H17NO4S/c1-9-10(2)21-14(13(9)15(18)19-3)16-12(17)7-6-11-5-4-8-20-11/h4-5,8H,6-7H2,1-3H3,(H,16,17). The molecule has 0 aliphatic carbocycles. The van der Waals surface area contributed by atoms with Crippen LogP contribution in [0.25, 0.3) is 0 Å². The number of nitrogens with one attached hydrogen (secondary N) is 1. The molecule has 112 valence electrons. The van der Waals surface area contributed by atoms with Crippen LogP contribution in [0.15, 0.2) is 22.8 Å². The molecular formula is C15H17NO4S. The molecule has 21 heavy (non-hydrogen) atoms. The number of hydrogen-bond acceptors (Lipinski definition) is 5. The maximum Gasteiger partial charge on any atom is 0.341 e. The van der Waals surface area contributed by atoms with E-state index in [1.54, 1.807) is 12.3 Å². The third-order valence-corrected chi connectivity index (χ3v) is 4.33. The summed E-state index contributed by atoms with van der Waals surface area (Å²) in [6.07, 6.45) is 2.40. The average molecular weight is 307 g/mol. The zero-order valence-corrected chi connectivity index (χ0v) is 13.0. The molecule has 0 radical (unpaired) electrons. The van der Waals surface area contributed by atoms with Crippen molar-refractivity contribution in [2.45, 2.75) is 26.7 Å². The van der Waals surface area contributed by atoms with Crippen LogP contribution < -0.4 is 5.32 Å². The number of carbonyl (C=O) groups excluding carboxylic acids is 2. The van der Waals surface area contributed by atoms with Crippen molar-refractivity contribution in [2.24, 2.45) is 0 Å². The highest BCUT2D eigenvalue weighted by Gasteiger charge is 2.21. The summed E-state index contributed by atoms with van der Waals surface area (Å²) in [7, 11) is 1.33. The van der Waals surface area contributed by atoms with Crippen molar-refractivity contribution >= 4 is 28.2 Å². The lowest BCUT2D eigenvalue weighted by molar-refractivity contribution is -0.116. The van der Waals surface area contributed by atoms with Crippen LogP contribution in [0.1, 0.15) is 33.0 Å². The first kappa shape index (κ1) is 15.3. The Morgan fingerprint density at radius 2 is 2.14 bits per heavy atom. The van der Waals surface area contributed by atoms with Crippen LogP contribution in [0.2, 0.25) is 0 Å². The summed E-state index contributed by atoms with van der Waals surface area (Å²) in [5.74, 6) is 0.174. The molecule has 2 rings (SSSR count). The fourth-order valence-electron chi connectivity index (χ4n) is 1.94. The maximum absolute atomic E-state index is 12.0. The van der Waals surface area contributed by atoms with E-state index in [4.69, 9.17) is 9.15 Å². The molecule has 0 aliphatic rings. The van der Waals surface area contributed by atoms with Gasteiger partial charge in [0.15, 0.2) is 0 Å². The molecule has 1 amide bonds. The maximum atomic E-state index is 12.0. The molecule has 0 fully saturated rings. The second-order valence-corrected chi connectivity index (χ2v) is 5.83. The molecule has 5 nitrogen and oxygen atoms in total. The number of anilines is 1. The van der Waals surface area contributed by atoms with Gasteiger partial charge in [-0.05, 0) is 31.5 Å². The molecule has 0 saturated heterocycles. The Morgan fingerprint density at radius 3 is 2.76 bits per heavy atom. The fourth-order valence-corrected chi connectivity index (χ4v) is 3.01. The first-order valence-electron chi connectivity index (χ1n) is 6.53. The number of esters is 1. The number of thiophene rings is 1. The van der Waals surface area contributed by atoms with E-state index in [-0.39, 0.29) is 5.91 Å². The lowest BCUT2D eigenvalue weighted by Gasteiger charge is -2.05. The number of amides is 1. The van der Waals surface area contributed by atoms with Crippen molar-refractivity contribution in [3.8, 4) is 0 Å². The summed E-state index contributed by atoms with van der Waals surface area (Å²) in [4.78, 5) is 24.8. The highest BCUT2D eigenvalue weighted by molar-refractivity contribution is 7.16. The normalized spacial score (nSPS) is 10.4. The van der Waals surface area contributed by atoms with E-state index in [9.17, 15) is 9.59 Å². The van der Waals surface area contributed by atoms with Crippen molar-refractivity contribution in [3.05, 3.63) is 40.2 Å². The number of ether oxygens (including phenoxy) is 1. The Morgan fingerprint density at radius 1 is 1.38 bits per heavy atom. The molecule has 0 aromatic carbocycles. The van der Waals surface area contributed by atoms with Gasteiger partial charge in [0.25, 0.3) is 0 Å². The smallest absolute Gasteiger partial charge is 0.341 e. The van der Waals surface area contributed by atoms with Crippen LogP contribution in [-0.2, 0) is 16.0 Å². The van der Waals surface area contributed by atoms with E-state index in [2.05, 4.69) is 5.32 Å². The number of furan rings is 1. The van der Waals surface area contributed by atoms with Gasteiger partial charge in [-0.15, -0.1) is 11.3 Å². The monoisotopic (exact) mass is 307 g/mol. The first-order chi connectivity index (χ1) is 10.0. The highest BCUT2D eigenvalue weighted by Crippen LogP contribution is 2.33. The van der Waals surface area contributed by atoms with Gasteiger partial charge >= 0.3 is 5.97 Å². The minimum atomic E-state index is -0.432. The van der Waals surface area contributed by atoms with Gasteiger partial charge in [0.2, 0.25) is 5.91 Å². The second kappa shape index (κ2) is 6.58. The number of carbonyl (C=O) groups is 2.